The molecule has 7 heteroatoms. The van der Waals surface area contributed by atoms with E-state index in [0.29, 0.717) is 17.3 Å². The Labute approximate surface area is 168 Å². The van der Waals surface area contributed by atoms with Gasteiger partial charge in [0.25, 0.3) is 0 Å². The van der Waals surface area contributed by atoms with E-state index in [-0.39, 0.29) is 0 Å². The lowest BCUT2D eigenvalue weighted by Crippen LogP contribution is -2.34. The smallest absolute Gasteiger partial charge is 0.371 e. The first-order valence-electron chi connectivity index (χ1n) is 9.37. The highest BCUT2D eigenvalue weighted by molar-refractivity contribution is 7.80. The quantitative estimate of drug-likeness (QED) is 0.661. The van der Waals surface area contributed by atoms with E-state index in [1.165, 1.54) is 30.7 Å². The minimum Gasteiger partial charge on any atom is -0.371 e. The van der Waals surface area contributed by atoms with Crippen LogP contribution >= 0.6 is 12.2 Å². The highest BCUT2D eigenvalue weighted by Crippen LogP contribution is 2.29. The van der Waals surface area contributed by atoms with Crippen molar-refractivity contribution in [2.24, 2.45) is 5.92 Å². The minimum atomic E-state index is -4.34. The van der Waals surface area contributed by atoms with Crippen LogP contribution in [0.15, 0.2) is 48.5 Å². The lowest BCUT2D eigenvalue weighted by molar-refractivity contribution is -0.137. The SMILES string of the molecule is C[C@H]1CCCN(c2ccc(CNC(=S)Nc3ccc(C(F)(F)F)cc3)cc2)C1. The van der Waals surface area contributed by atoms with Gasteiger partial charge in [-0.25, -0.2) is 0 Å². The van der Waals surface area contributed by atoms with Crippen LogP contribution < -0.4 is 15.5 Å². The molecule has 0 unspecified atom stereocenters. The number of anilines is 2. The molecular weight excluding hydrogens is 383 g/mol. The molecule has 0 spiro atoms. The zero-order valence-corrected chi connectivity index (χ0v) is 16.5. The molecule has 28 heavy (non-hydrogen) atoms. The topological polar surface area (TPSA) is 27.3 Å². The molecule has 0 radical (unpaired) electrons. The van der Waals surface area contributed by atoms with Crippen LogP contribution in [0.2, 0.25) is 0 Å². The third-order valence-electron chi connectivity index (χ3n) is 4.88. The molecule has 0 amide bonds. The third kappa shape index (κ3) is 5.61. The Bertz CT molecular complexity index is 788. The monoisotopic (exact) mass is 407 g/mol. The lowest BCUT2D eigenvalue weighted by Gasteiger charge is -2.32. The van der Waals surface area contributed by atoms with Crippen LogP contribution in [-0.4, -0.2) is 18.2 Å². The van der Waals surface area contributed by atoms with Gasteiger partial charge in [0.15, 0.2) is 5.11 Å². The van der Waals surface area contributed by atoms with Gasteiger partial charge in [-0.2, -0.15) is 13.2 Å². The van der Waals surface area contributed by atoms with Crippen molar-refractivity contribution in [2.75, 3.05) is 23.3 Å². The van der Waals surface area contributed by atoms with Crippen LogP contribution in [0.1, 0.15) is 30.9 Å². The summed E-state index contributed by atoms with van der Waals surface area (Å²) in [7, 11) is 0. The largest absolute Gasteiger partial charge is 0.416 e. The number of halogens is 3. The third-order valence-corrected chi connectivity index (χ3v) is 5.13. The van der Waals surface area contributed by atoms with Crippen molar-refractivity contribution < 1.29 is 13.2 Å². The highest BCUT2D eigenvalue weighted by Gasteiger charge is 2.29. The molecule has 2 aromatic rings. The van der Waals surface area contributed by atoms with Crippen LogP contribution in [-0.2, 0) is 12.7 Å². The molecule has 0 aliphatic carbocycles. The van der Waals surface area contributed by atoms with E-state index in [2.05, 4.69) is 46.7 Å². The van der Waals surface area contributed by atoms with Crippen molar-refractivity contribution in [3.8, 4) is 0 Å². The summed E-state index contributed by atoms with van der Waals surface area (Å²) >= 11 is 5.23. The van der Waals surface area contributed by atoms with Crippen LogP contribution in [0.3, 0.4) is 0 Å². The molecule has 1 saturated heterocycles. The Morgan fingerprint density at radius 1 is 1.11 bits per heavy atom. The van der Waals surface area contributed by atoms with Crippen LogP contribution in [0, 0.1) is 5.92 Å². The number of nitrogens with zero attached hydrogens (tertiary/aromatic N) is 1. The Morgan fingerprint density at radius 3 is 2.39 bits per heavy atom. The first-order valence-corrected chi connectivity index (χ1v) is 9.78. The molecule has 2 N–H and O–H groups in total. The number of hydrogen-bond acceptors (Lipinski definition) is 2. The molecule has 1 aliphatic rings. The van der Waals surface area contributed by atoms with E-state index in [4.69, 9.17) is 12.2 Å². The van der Waals surface area contributed by atoms with Crippen molar-refractivity contribution in [2.45, 2.75) is 32.5 Å². The summed E-state index contributed by atoms with van der Waals surface area (Å²) in [4.78, 5) is 2.42. The first kappa shape index (κ1) is 20.5. The fourth-order valence-corrected chi connectivity index (χ4v) is 3.54. The van der Waals surface area contributed by atoms with E-state index in [1.54, 1.807) is 0 Å². The van der Waals surface area contributed by atoms with Gasteiger partial charge in [0.05, 0.1) is 5.56 Å². The predicted molar refractivity (Wildman–Crippen MR) is 112 cm³/mol. The van der Waals surface area contributed by atoms with Crippen molar-refractivity contribution in [1.29, 1.82) is 0 Å². The molecule has 0 saturated carbocycles. The molecular formula is C21H24F3N3S. The Morgan fingerprint density at radius 2 is 1.79 bits per heavy atom. The van der Waals surface area contributed by atoms with Crippen LogP contribution in [0.4, 0.5) is 24.5 Å². The van der Waals surface area contributed by atoms with Gasteiger partial charge in [0, 0.05) is 31.0 Å². The molecule has 0 aromatic heterocycles. The number of alkyl halides is 3. The van der Waals surface area contributed by atoms with E-state index in [0.717, 1.165) is 36.7 Å². The second-order valence-corrected chi connectivity index (χ2v) is 7.65. The molecule has 3 nitrogen and oxygen atoms in total. The standard InChI is InChI=1S/C21H24F3N3S/c1-15-3-2-12-27(14-15)19-10-4-16(5-11-19)13-25-20(28)26-18-8-6-17(7-9-18)21(22,23)24/h4-11,15H,2-3,12-14H2,1H3,(H2,25,26,28)/t15-/m0/s1. The Balaban J connectivity index is 1.49. The summed E-state index contributed by atoms with van der Waals surface area (Å²) in [6.07, 6.45) is -1.81. The number of piperidine rings is 1. The second kappa shape index (κ2) is 8.82. The normalized spacial score (nSPS) is 17.3. The summed E-state index contributed by atoms with van der Waals surface area (Å²) < 4.78 is 37.8. The molecule has 1 fully saturated rings. The lowest BCUT2D eigenvalue weighted by atomic mass is 9.99. The maximum absolute atomic E-state index is 12.6. The van der Waals surface area contributed by atoms with Gasteiger partial charge >= 0.3 is 6.18 Å². The van der Waals surface area contributed by atoms with Gasteiger partial charge in [-0.3, -0.25) is 0 Å². The van der Waals surface area contributed by atoms with E-state index in [1.807, 2.05) is 0 Å². The van der Waals surface area contributed by atoms with Crippen molar-refractivity contribution >= 4 is 28.7 Å². The van der Waals surface area contributed by atoms with Crippen molar-refractivity contribution in [3.63, 3.8) is 0 Å². The van der Waals surface area contributed by atoms with Crippen LogP contribution in [0.25, 0.3) is 0 Å². The van der Waals surface area contributed by atoms with Gasteiger partial charge in [0.2, 0.25) is 0 Å². The first-order chi connectivity index (χ1) is 13.3. The molecule has 150 valence electrons. The molecule has 0 bridgehead atoms. The fourth-order valence-electron chi connectivity index (χ4n) is 3.35. The summed E-state index contributed by atoms with van der Waals surface area (Å²) in [5.41, 5.74) is 2.16. The highest BCUT2D eigenvalue weighted by atomic mass is 32.1. The van der Waals surface area contributed by atoms with E-state index < -0.39 is 11.7 Å². The number of nitrogens with one attached hydrogen (secondary N) is 2. The van der Waals surface area contributed by atoms with Crippen molar-refractivity contribution in [1.82, 2.24) is 5.32 Å². The summed E-state index contributed by atoms with van der Waals surface area (Å²) in [5, 5.41) is 6.36. The van der Waals surface area contributed by atoms with Crippen molar-refractivity contribution in [3.05, 3.63) is 59.7 Å². The summed E-state index contributed by atoms with van der Waals surface area (Å²) in [6, 6.07) is 13.2. The number of benzene rings is 2. The molecule has 1 heterocycles. The molecule has 3 rings (SSSR count). The van der Waals surface area contributed by atoms with Gasteiger partial charge in [-0.1, -0.05) is 19.1 Å². The Hall–Kier alpha value is -2.28. The average molecular weight is 408 g/mol. The number of thiocarbonyl (C=S) groups is 1. The maximum atomic E-state index is 12.6. The summed E-state index contributed by atoms with van der Waals surface area (Å²) in [5.74, 6) is 0.726. The Kier molecular flexibility index (Phi) is 6.44. The van der Waals surface area contributed by atoms with Gasteiger partial charge in [-0.05, 0) is 72.9 Å². The fraction of sp³-hybridized carbons (Fsp3) is 0.381. The maximum Gasteiger partial charge on any atom is 0.416 e. The molecule has 1 aliphatic heterocycles. The second-order valence-electron chi connectivity index (χ2n) is 7.24. The molecule has 2 aromatic carbocycles. The van der Waals surface area contributed by atoms with Crippen LogP contribution in [0.5, 0.6) is 0 Å². The zero-order valence-electron chi connectivity index (χ0n) is 15.7. The molecule has 1 atom stereocenters. The van der Waals surface area contributed by atoms with Gasteiger partial charge in [-0.15, -0.1) is 0 Å². The van der Waals surface area contributed by atoms with Gasteiger partial charge in [0.1, 0.15) is 0 Å². The number of hydrogen-bond donors (Lipinski definition) is 2. The minimum absolute atomic E-state index is 0.369. The zero-order chi connectivity index (χ0) is 20.1. The van der Waals surface area contributed by atoms with Gasteiger partial charge < -0.3 is 15.5 Å². The van der Waals surface area contributed by atoms with E-state index in [9.17, 15) is 13.2 Å². The number of rotatable bonds is 4. The van der Waals surface area contributed by atoms with E-state index >= 15 is 0 Å². The average Bonchev–Trinajstić information content (AvgIpc) is 2.66. The summed E-state index contributed by atoms with van der Waals surface area (Å²) in [6.45, 7) is 5.03. The predicted octanol–water partition coefficient (Wildman–Crippen LogP) is 5.43.